The van der Waals surface area contributed by atoms with Gasteiger partial charge >= 0.3 is 0 Å². The largest absolute Gasteiger partial charge is 0.507 e. The van der Waals surface area contributed by atoms with E-state index in [-0.39, 0.29) is 41.2 Å². The van der Waals surface area contributed by atoms with Crippen LogP contribution in [0.1, 0.15) is 22.8 Å². The highest BCUT2D eigenvalue weighted by Crippen LogP contribution is 2.14. The van der Waals surface area contributed by atoms with Crippen molar-refractivity contribution in [3.8, 4) is 5.75 Å². The van der Waals surface area contributed by atoms with Crippen molar-refractivity contribution < 1.29 is 9.90 Å². The van der Waals surface area contributed by atoms with Gasteiger partial charge in [0, 0.05) is 45.5 Å². The Morgan fingerprint density at radius 2 is 2.07 bits per heavy atom. The molecule has 1 aromatic carbocycles. The lowest BCUT2D eigenvalue weighted by molar-refractivity contribution is 0.0952. The van der Waals surface area contributed by atoms with Gasteiger partial charge in [-0.1, -0.05) is 12.1 Å². The normalized spacial score (nSPS) is 10.9. The zero-order valence-corrected chi connectivity index (χ0v) is 18.2. The second-order valence-electron chi connectivity index (χ2n) is 5.89. The Morgan fingerprint density at radius 3 is 2.70 bits per heavy atom. The molecule has 0 aliphatic rings. The average molecular weight is 486 g/mol. The second-order valence-corrected chi connectivity index (χ2v) is 5.89. The van der Waals surface area contributed by atoms with Crippen LogP contribution in [0.15, 0.2) is 41.7 Å². The number of amides is 1. The molecule has 1 heterocycles. The number of hydrogen-bond acceptors (Lipinski definition) is 4. The van der Waals surface area contributed by atoms with Gasteiger partial charge < -0.3 is 20.6 Å². The first-order valence-electron chi connectivity index (χ1n) is 8.54. The van der Waals surface area contributed by atoms with Crippen molar-refractivity contribution in [2.45, 2.75) is 13.5 Å². The first kappa shape index (κ1) is 22.7. The number of nitrogens with zero attached hydrogens (tertiary/aromatic N) is 4. The van der Waals surface area contributed by atoms with Crippen molar-refractivity contribution in [2.24, 2.45) is 12.0 Å². The molecule has 0 saturated carbocycles. The topological polar surface area (TPSA) is 94.8 Å². The van der Waals surface area contributed by atoms with E-state index in [1.54, 1.807) is 22.9 Å². The molecule has 0 saturated heterocycles. The first-order valence-corrected chi connectivity index (χ1v) is 8.54. The molecule has 8 nitrogen and oxygen atoms in total. The molecule has 148 valence electrons. The van der Waals surface area contributed by atoms with Gasteiger partial charge in [0.05, 0.1) is 18.3 Å². The third-order valence-electron chi connectivity index (χ3n) is 3.68. The lowest BCUT2D eigenvalue weighted by Crippen LogP contribution is -2.39. The van der Waals surface area contributed by atoms with Crippen molar-refractivity contribution in [1.82, 2.24) is 25.3 Å². The lowest BCUT2D eigenvalue weighted by Gasteiger charge is -2.21. The number of nitrogens with one attached hydrogen (secondary N) is 2. The van der Waals surface area contributed by atoms with Gasteiger partial charge in [-0.05, 0) is 19.1 Å². The molecule has 0 aliphatic carbocycles. The zero-order chi connectivity index (χ0) is 18.9. The maximum absolute atomic E-state index is 12.1. The van der Waals surface area contributed by atoms with Crippen molar-refractivity contribution in [1.29, 1.82) is 0 Å². The summed E-state index contributed by atoms with van der Waals surface area (Å²) in [6.07, 6.45) is 3.79. The fraction of sp³-hybridized carbons (Fsp3) is 0.389. The molecule has 2 aromatic rings. The van der Waals surface area contributed by atoms with Crippen LogP contribution in [-0.2, 0) is 13.6 Å². The highest BCUT2D eigenvalue weighted by molar-refractivity contribution is 14.0. The molecule has 0 fully saturated rings. The summed E-state index contributed by atoms with van der Waals surface area (Å²) in [4.78, 5) is 18.6. The van der Waals surface area contributed by atoms with Gasteiger partial charge in [0.2, 0.25) is 0 Å². The Hall–Kier alpha value is -2.30. The summed E-state index contributed by atoms with van der Waals surface area (Å²) in [5.41, 5.74) is 1.35. The Labute approximate surface area is 176 Å². The number of carbonyl (C=O) groups excluding carboxylic acids is 1. The molecule has 2 rings (SSSR count). The van der Waals surface area contributed by atoms with Crippen molar-refractivity contribution in [3.63, 3.8) is 0 Å². The van der Waals surface area contributed by atoms with Gasteiger partial charge in [-0.25, -0.2) is 0 Å². The Balaban J connectivity index is 0.00000364. The predicted molar refractivity (Wildman–Crippen MR) is 117 cm³/mol. The van der Waals surface area contributed by atoms with Crippen molar-refractivity contribution in [2.75, 3.05) is 26.7 Å². The van der Waals surface area contributed by atoms with Crippen LogP contribution in [0, 0.1) is 0 Å². The molecular weight excluding hydrogens is 459 g/mol. The summed E-state index contributed by atoms with van der Waals surface area (Å²) < 4.78 is 1.77. The molecule has 0 bridgehead atoms. The van der Waals surface area contributed by atoms with E-state index < -0.39 is 0 Å². The number of aromatic hydroxyl groups is 1. The lowest BCUT2D eigenvalue weighted by atomic mass is 10.2. The second kappa shape index (κ2) is 11.4. The molecular formula is C18H27IN6O2. The van der Waals surface area contributed by atoms with E-state index in [1.807, 2.05) is 38.3 Å². The van der Waals surface area contributed by atoms with E-state index in [0.29, 0.717) is 19.6 Å². The van der Waals surface area contributed by atoms with Crippen LogP contribution in [0.2, 0.25) is 0 Å². The maximum Gasteiger partial charge on any atom is 0.255 e. The average Bonchev–Trinajstić information content (AvgIpc) is 3.02. The molecule has 9 heteroatoms. The van der Waals surface area contributed by atoms with Gasteiger partial charge in [-0.15, -0.1) is 24.0 Å². The van der Waals surface area contributed by atoms with E-state index >= 15 is 0 Å². The van der Waals surface area contributed by atoms with Crippen LogP contribution < -0.4 is 10.6 Å². The third-order valence-corrected chi connectivity index (χ3v) is 3.68. The summed E-state index contributed by atoms with van der Waals surface area (Å²) in [6, 6.07) is 6.46. The Bertz CT molecular complexity index is 762. The smallest absolute Gasteiger partial charge is 0.255 e. The highest BCUT2D eigenvalue weighted by Gasteiger charge is 2.10. The van der Waals surface area contributed by atoms with Gasteiger partial charge in [-0.2, -0.15) is 5.10 Å². The van der Waals surface area contributed by atoms with Gasteiger partial charge in [0.1, 0.15) is 5.75 Å². The number of guanidine groups is 1. The van der Waals surface area contributed by atoms with E-state index in [0.717, 1.165) is 18.1 Å². The van der Waals surface area contributed by atoms with Gasteiger partial charge in [0.15, 0.2) is 5.96 Å². The van der Waals surface area contributed by atoms with Crippen LogP contribution in [-0.4, -0.2) is 58.3 Å². The molecule has 0 unspecified atom stereocenters. The van der Waals surface area contributed by atoms with Crippen molar-refractivity contribution in [3.05, 3.63) is 47.8 Å². The SMILES string of the molecule is CCNC(=NCCNC(=O)c1ccccc1O)N(C)Cc1cnn(C)c1.I. The van der Waals surface area contributed by atoms with Crippen LogP contribution in [0.5, 0.6) is 5.75 Å². The van der Waals surface area contributed by atoms with Crippen molar-refractivity contribution >= 4 is 35.8 Å². The van der Waals surface area contributed by atoms with Gasteiger partial charge in [-0.3, -0.25) is 14.5 Å². The van der Waals surface area contributed by atoms with Crippen LogP contribution in [0.4, 0.5) is 0 Å². The number of aromatic nitrogens is 2. The Kier molecular flexibility index (Phi) is 9.62. The number of phenolic OH excluding ortho intramolecular Hbond substituents is 1. The molecule has 0 atom stereocenters. The van der Waals surface area contributed by atoms with Crippen LogP contribution in [0.25, 0.3) is 0 Å². The fourth-order valence-corrected chi connectivity index (χ4v) is 2.46. The standard InChI is InChI=1S/C18H26N6O2.HI/c1-4-19-18(23(2)12-14-11-22-24(3)13-14)21-10-9-20-17(26)15-7-5-6-8-16(15)25;/h5-8,11,13,25H,4,9-10,12H2,1-3H3,(H,19,21)(H,20,26);1H. The minimum absolute atomic E-state index is 0. The third kappa shape index (κ3) is 7.08. The quantitative estimate of drug-likeness (QED) is 0.239. The minimum Gasteiger partial charge on any atom is -0.507 e. The van der Waals surface area contributed by atoms with Gasteiger partial charge in [0.25, 0.3) is 5.91 Å². The van der Waals surface area contributed by atoms with E-state index in [1.165, 1.54) is 6.07 Å². The number of hydrogen-bond donors (Lipinski definition) is 3. The molecule has 0 radical (unpaired) electrons. The monoisotopic (exact) mass is 486 g/mol. The van der Waals surface area contributed by atoms with Crippen LogP contribution in [0.3, 0.4) is 0 Å². The summed E-state index contributed by atoms with van der Waals surface area (Å²) in [6.45, 7) is 4.25. The fourth-order valence-electron chi connectivity index (χ4n) is 2.46. The molecule has 1 amide bonds. The van der Waals surface area contributed by atoms with E-state index in [9.17, 15) is 9.90 Å². The molecule has 1 aromatic heterocycles. The number of rotatable bonds is 7. The molecule has 3 N–H and O–H groups in total. The number of benzene rings is 1. The number of aryl methyl sites for hydroxylation is 1. The molecule has 27 heavy (non-hydrogen) atoms. The highest BCUT2D eigenvalue weighted by atomic mass is 127. The summed E-state index contributed by atoms with van der Waals surface area (Å²) >= 11 is 0. The number of carbonyl (C=O) groups is 1. The number of halogens is 1. The summed E-state index contributed by atoms with van der Waals surface area (Å²) in [5, 5.41) is 19.9. The summed E-state index contributed by atoms with van der Waals surface area (Å²) in [7, 11) is 3.84. The van der Waals surface area contributed by atoms with E-state index in [4.69, 9.17) is 0 Å². The zero-order valence-electron chi connectivity index (χ0n) is 15.8. The number of phenols is 1. The first-order chi connectivity index (χ1) is 12.5. The maximum atomic E-state index is 12.1. The summed E-state index contributed by atoms with van der Waals surface area (Å²) in [5.74, 6) is 0.415. The Morgan fingerprint density at radius 1 is 1.33 bits per heavy atom. The molecule has 0 spiro atoms. The number of para-hydroxylation sites is 1. The van der Waals surface area contributed by atoms with Crippen LogP contribution >= 0.6 is 24.0 Å². The predicted octanol–water partition coefficient (Wildman–Crippen LogP) is 1.57. The number of aliphatic imine (C=N–C) groups is 1. The molecule has 0 aliphatic heterocycles. The minimum atomic E-state index is -0.313. The van der Waals surface area contributed by atoms with E-state index in [2.05, 4.69) is 20.7 Å².